The molecule has 0 bridgehead atoms. The predicted octanol–water partition coefficient (Wildman–Crippen LogP) is 2.51. The summed E-state index contributed by atoms with van der Waals surface area (Å²) in [5.41, 5.74) is 7.50. The minimum Gasteiger partial charge on any atom is -0.494 e. The van der Waals surface area contributed by atoms with Crippen molar-refractivity contribution in [1.82, 2.24) is 0 Å². The SMILES string of the molecule is CCOc1cc(CN)c(Cl)cc1C. The van der Waals surface area contributed by atoms with Gasteiger partial charge in [-0.15, -0.1) is 0 Å². The predicted molar refractivity (Wildman–Crippen MR) is 55.2 cm³/mol. The third kappa shape index (κ3) is 2.36. The Morgan fingerprint density at radius 1 is 1.46 bits per heavy atom. The Morgan fingerprint density at radius 3 is 2.69 bits per heavy atom. The van der Waals surface area contributed by atoms with Crippen LogP contribution in [-0.2, 0) is 6.54 Å². The van der Waals surface area contributed by atoms with Crippen LogP contribution in [0.2, 0.25) is 5.02 Å². The third-order valence-corrected chi connectivity index (χ3v) is 2.22. The first-order valence-corrected chi connectivity index (χ1v) is 4.68. The van der Waals surface area contributed by atoms with Gasteiger partial charge in [0.2, 0.25) is 0 Å². The number of benzene rings is 1. The van der Waals surface area contributed by atoms with E-state index >= 15 is 0 Å². The van der Waals surface area contributed by atoms with Crippen LogP contribution in [0, 0.1) is 6.92 Å². The molecule has 0 heterocycles. The molecule has 0 amide bonds. The van der Waals surface area contributed by atoms with Gasteiger partial charge in [0.05, 0.1) is 6.61 Å². The normalized spacial score (nSPS) is 10.2. The molecule has 1 aromatic carbocycles. The van der Waals surface area contributed by atoms with Crippen molar-refractivity contribution in [1.29, 1.82) is 0 Å². The molecule has 0 saturated carbocycles. The van der Waals surface area contributed by atoms with Crippen molar-refractivity contribution in [2.24, 2.45) is 5.73 Å². The van der Waals surface area contributed by atoms with E-state index in [9.17, 15) is 0 Å². The van der Waals surface area contributed by atoms with Gasteiger partial charge in [0, 0.05) is 11.6 Å². The maximum Gasteiger partial charge on any atom is 0.122 e. The van der Waals surface area contributed by atoms with E-state index in [4.69, 9.17) is 22.1 Å². The Bertz CT molecular complexity index is 299. The Morgan fingerprint density at radius 2 is 2.15 bits per heavy atom. The van der Waals surface area contributed by atoms with Crippen molar-refractivity contribution in [3.63, 3.8) is 0 Å². The van der Waals surface area contributed by atoms with Crippen molar-refractivity contribution < 1.29 is 4.74 Å². The number of nitrogens with two attached hydrogens (primary N) is 1. The molecule has 0 fully saturated rings. The molecule has 0 spiro atoms. The molecule has 72 valence electrons. The van der Waals surface area contributed by atoms with Gasteiger partial charge in [-0.25, -0.2) is 0 Å². The standard InChI is InChI=1S/C10H14ClNO/c1-3-13-10-5-8(6-12)9(11)4-7(10)2/h4-5H,3,6,12H2,1-2H3. The summed E-state index contributed by atoms with van der Waals surface area (Å²) in [4.78, 5) is 0. The summed E-state index contributed by atoms with van der Waals surface area (Å²) >= 11 is 5.97. The van der Waals surface area contributed by atoms with E-state index in [0.717, 1.165) is 16.9 Å². The fourth-order valence-corrected chi connectivity index (χ4v) is 1.46. The van der Waals surface area contributed by atoms with Gasteiger partial charge in [-0.1, -0.05) is 11.6 Å². The summed E-state index contributed by atoms with van der Waals surface area (Å²) in [5, 5.41) is 0.712. The molecule has 0 aliphatic carbocycles. The van der Waals surface area contributed by atoms with Crippen LogP contribution >= 0.6 is 11.6 Å². The number of hydrogen-bond acceptors (Lipinski definition) is 2. The highest BCUT2D eigenvalue weighted by Crippen LogP contribution is 2.26. The van der Waals surface area contributed by atoms with Gasteiger partial charge in [0.1, 0.15) is 5.75 Å². The van der Waals surface area contributed by atoms with Crippen molar-refractivity contribution >= 4 is 11.6 Å². The summed E-state index contributed by atoms with van der Waals surface area (Å²) in [6.45, 7) is 5.03. The molecule has 0 unspecified atom stereocenters. The lowest BCUT2D eigenvalue weighted by Gasteiger charge is -2.10. The highest BCUT2D eigenvalue weighted by molar-refractivity contribution is 6.31. The lowest BCUT2D eigenvalue weighted by atomic mass is 10.1. The molecule has 13 heavy (non-hydrogen) atoms. The molecule has 1 aromatic rings. The van der Waals surface area contributed by atoms with E-state index in [1.807, 2.05) is 26.0 Å². The zero-order valence-corrected chi connectivity index (χ0v) is 8.69. The maximum absolute atomic E-state index is 5.97. The molecule has 0 saturated heterocycles. The highest BCUT2D eigenvalue weighted by atomic mass is 35.5. The average molecular weight is 200 g/mol. The minimum absolute atomic E-state index is 0.444. The zero-order chi connectivity index (χ0) is 9.84. The van der Waals surface area contributed by atoms with Crippen LogP contribution in [0.1, 0.15) is 18.1 Å². The second-order valence-corrected chi connectivity index (χ2v) is 3.25. The monoisotopic (exact) mass is 199 g/mol. The molecule has 0 aliphatic rings. The fourth-order valence-electron chi connectivity index (χ4n) is 1.16. The second kappa shape index (κ2) is 4.49. The topological polar surface area (TPSA) is 35.2 Å². The van der Waals surface area contributed by atoms with E-state index in [2.05, 4.69) is 0 Å². The minimum atomic E-state index is 0.444. The third-order valence-electron chi connectivity index (χ3n) is 1.86. The first-order valence-electron chi connectivity index (χ1n) is 4.31. The van der Waals surface area contributed by atoms with Gasteiger partial charge in [-0.3, -0.25) is 0 Å². The summed E-state index contributed by atoms with van der Waals surface area (Å²) in [5.74, 6) is 0.868. The summed E-state index contributed by atoms with van der Waals surface area (Å²) < 4.78 is 5.42. The molecule has 1 rings (SSSR count). The first-order chi connectivity index (χ1) is 6.19. The number of halogens is 1. The van der Waals surface area contributed by atoms with Gasteiger partial charge in [-0.05, 0) is 37.1 Å². The van der Waals surface area contributed by atoms with Crippen molar-refractivity contribution in [2.45, 2.75) is 20.4 Å². The molecule has 3 heteroatoms. The van der Waals surface area contributed by atoms with Gasteiger partial charge in [-0.2, -0.15) is 0 Å². The average Bonchev–Trinajstić information content (AvgIpc) is 2.10. The molecule has 0 aromatic heterocycles. The number of rotatable bonds is 3. The van der Waals surface area contributed by atoms with E-state index in [1.165, 1.54) is 0 Å². The first kappa shape index (κ1) is 10.4. The molecular formula is C10H14ClNO. The molecule has 2 N–H and O–H groups in total. The van der Waals surface area contributed by atoms with Crippen molar-refractivity contribution in [2.75, 3.05) is 6.61 Å². The van der Waals surface area contributed by atoms with Gasteiger partial charge < -0.3 is 10.5 Å². The van der Waals surface area contributed by atoms with Crippen LogP contribution in [0.25, 0.3) is 0 Å². The van der Waals surface area contributed by atoms with Crippen molar-refractivity contribution in [3.8, 4) is 5.75 Å². The van der Waals surface area contributed by atoms with Crippen LogP contribution < -0.4 is 10.5 Å². The Kier molecular flexibility index (Phi) is 3.58. The van der Waals surface area contributed by atoms with E-state index in [1.54, 1.807) is 0 Å². The number of hydrogen-bond donors (Lipinski definition) is 1. The smallest absolute Gasteiger partial charge is 0.122 e. The Labute approximate surface area is 83.6 Å². The molecular weight excluding hydrogens is 186 g/mol. The van der Waals surface area contributed by atoms with Gasteiger partial charge in [0.25, 0.3) is 0 Å². The van der Waals surface area contributed by atoms with Crippen LogP contribution in [0.4, 0.5) is 0 Å². The lowest BCUT2D eigenvalue weighted by Crippen LogP contribution is -2.00. The molecule has 0 radical (unpaired) electrons. The molecule has 2 nitrogen and oxygen atoms in total. The highest BCUT2D eigenvalue weighted by Gasteiger charge is 2.04. The van der Waals surface area contributed by atoms with Crippen LogP contribution in [0.5, 0.6) is 5.75 Å². The molecule has 0 aliphatic heterocycles. The van der Waals surface area contributed by atoms with Crippen molar-refractivity contribution in [3.05, 3.63) is 28.3 Å². The Balaban J connectivity index is 3.06. The second-order valence-electron chi connectivity index (χ2n) is 2.85. The van der Waals surface area contributed by atoms with Crippen LogP contribution in [0.3, 0.4) is 0 Å². The lowest BCUT2D eigenvalue weighted by molar-refractivity contribution is 0.337. The van der Waals surface area contributed by atoms with E-state index in [0.29, 0.717) is 18.2 Å². The summed E-state index contributed by atoms with van der Waals surface area (Å²) in [6, 6.07) is 3.79. The quantitative estimate of drug-likeness (QED) is 0.812. The van der Waals surface area contributed by atoms with E-state index in [-0.39, 0.29) is 0 Å². The van der Waals surface area contributed by atoms with Crippen LogP contribution in [-0.4, -0.2) is 6.61 Å². The molecule has 0 atom stereocenters. The van der Waals surface area contributed by atoms with Crippen LogP contribution in [0.15, 0.2) is 12.1 Å². The zero-order valence-electron chi connectivity index (χ0n) is 7.93. The summed E-state index contributed by atoms with van der Waals surface area (Å²) in [7, 11) is 0. The Hall–Kier alpha value is -0.730. The van der Waals surface area contributed by atoms with Gasteiger partial charge in [0.15, 0.2) is 0 Å². The fraction of sp³-hybridized carbons (Fsp3) is 0.400. The van der Waals surface area contributed by atoms with E-state index < -0.39 is 0 Å². The number of aryl methyl sites for hydroxylation is 1. The number of ether oxygens (including phenoxy) is 1. The summed E-state index contributed by atoms with van der Waals surface area (Å²) in [6.07, 6.45) is 0. The maximum atomic E-state index is 5.97. The van der Waals surface area contributed by atoms with Gasteiger partial charge >= 0.3 is 0 Å². The largest absolute Gasteiger partial charge is 0.494 e.